The maximum Gasteiger partial charge on any atom is 0.208 e. The molecular formula is C17H29IN4O4S. The lowest BCUT2D eigenvalue weighted by Crippen LogP contribution is -2.44. The van der Waals surface area contributed by atoms with Crippen molar-refractivity contribution in [3.05, 3.63) is 23.3 Å². The van der Waals surface area contributed by atoms with Gasteiger partial charge in [0.15, 0.2) is 17.5 Å². The summed E-state index contributed by atoms with van der Waals surface area (Å²) in [7, 11) is 1.89. The van der Waals surface area contributed by atoms with Gasteiger partial charge in [0, 0.05) is 33.2 Å². The molecule has 0 radical (unpaired) electrons. The van der Waals surface area contributed by atoms with Crippen molar-refractivity contribution in [2.24, 2.45) is 4.99 Å². The molecule has 2 N–H and O–H groups in total. The number of methoxy groups -OCH3 is 2. The van der Waals surface area contributed by atoms with E-state index in [4.69, 9.17) is 9.47 Å². The molecule has 0 saturated carbocycles. The van der Waals surface area contributed by atoms with Gasteiger partial charge in [0.1, 0.15) is 0 Å². The fraction of sp³-hybridized carbons (Fsp3) is 0.588. The molecule has 0 unspecified atom stereocenters. The predicted octanol–water partition coefficient (Wildman–Crippen LogP) is 1.19. The van der Waals surface area contributed by atoms with Crippen LogP contribution >= 0.6 is 24.0 Å². The van der Waals surface area contributed by atoms with Gasteiger partial charge < -0.3 is 19.7 Å². The first-order valence-electron chi connectivity index (χ1n) is 8.52. The monoisotopic (exact) mass is 512 g/mol. The Balaban J connectivity index is 0.00000364. The highest BCUT2D eigenvalue weighted by Crippen LogP contribution is 2.33. The van der Waals surface area contributed by atoms with E-state index >= 15 is 0 Å². The topological polar surface area (TPSA) is 92.3 Å². The fourth-order valence-electron chi connectivity index (χ4n) is 2.94. The van der Waals surface area contributed by atoms with Gasteiger partial charge in [0.05, 0.1) is 20.5 Å². The number of nitrogens with zero attached hydrogens (tertiary/aromatic N) is 2. The third-order valence-corrected chi connectivity index (χ3v) is 4.96. The average molecular weight is 512 g/mol. The number of sulfonamides is 1. The van der Waals surface area contributed by atoms with Gasteiger partial charge in [0.2, 0.25) is 10.0 Å². The second kappa shape index (κ2) is 10.9. The summed E-state index contributed by atoms with van der Waals surface area (Å²) in [6.07, 6.45) is 2.74. The van der Waals surface area contributed by atoms with Crippen molar-refractivity contribution in [2.75, 3.05) is 47.2 Å². The highest BCUT2D eigenvalue weighted by Gasteiger charge is 2.21. The molecule has 0 bridgehead atoms. The standard InChI is InChI=1S/C17H28N4O4S.HI/c1-18-17(19-7-5-8-20-26(4,22)23)21-9-6-13-10-15(24-2)16(25-3)11-14(13)12-21;/h10-11,20H,5-9,12H2,1-4H3,(H,18,19);1H. The van der Waals surface area contributed by atoms with Gasteiger partial charge in [-0.2, -0.15) is 0 Å². The van der Waals surface area contributed by atoms with Crippen molar-refractivity contribution in [3.63, 3.8) is 0 Å². The van der Waals surface area contributed by atoms with Gasteiger partial charge in [-0.15, -0.1) is 24.0 Å². The van der Waals surface area contributed by atoms with Crippen LogP contribution in [0.1, 0.15) is 17.5 Å². The summed E-state index contributed by atoms with van der Waals surface area (Å²) >= 11 is 0. The maximum absolute atomic E-state index is 11.1. The normalized spacial score (nSPS) is 14.2. The molecule has 0 aliphatic carbocycles. The zero-order valence-electron chi connectivity index (χ0n) is 16.2. The summed E-state index contributed by atoms with van der Waals surface area (Å²) in [6.45, 7) is 2.63. The number of hydrogen-bond acceptors (Lipinski definition) is 5. The molecule has 0 amide bonds. The van der Waals surface area contributed by atoms with E-state index in [-0.39, 0.29) is 24.0 Å². The first kappa shape index (κ1) is 23.8. The zero-order chi connectivity index (χ0) is 19.2. The largest absolute Gasteiger partial charge is 0.493 e. The highest BCUT2D eigenvalue weighted by atomic mass is 127. The molecule has 0 fully saturated rings. The Morgan fingerprint density at radius 3 is 2.37 bits per heavy atom. The van der Waals surface area contributed by atoms with Crippen molar-refractivity contribution in [3.8, 4) is 11.5 Å². The van der Waals surface area contributed by atoms with Gasteiger partial charge in [-0.25, -0.2) is 13.1 Å². The van der Waals surface area contributed by atoms with Crippen LogP contribution in [0.3, 0.4) is 0 Å². The number of fused-ring (bicyclic) bond motifs is 1. The molecule has 154 valence electrons. The number of aliphatic imine (C=N–C) groups is 1. The molecule has 1 aromatic rings. The van der Waals surface area contributed by atoms with E-state index in [0.717, 1.165) is 43.2 Å². The van der Waals surface area contributed by atoms with Crippen molar-refractivity contribution >= 4 is 40.0 Å². The van der Waals surface area contributed by atoms with E-state index in [0.29, 0.717) is 19.5 Å². The molecule has 0 aromatic heterocycles. The molecular weight excluding hydrogens is 483 g/mol. The van der Waals surface area contributed by atoms with Crippen LogP contribution in [0.2, 0.25) is 0 Å². The number of guanidine groups is 1. The Kier molecular flexibility index (Phi) is 9.60. The molecule has 2 rings (SSSR count). The summed E-state index contributed by atoms with van der Waals surface area (Å²) in [6, 6.07) is 4.06. The fourth-order valence-corrected chi connectivity index (χ4v) is 3.46. The quantitative estimate of drug-likeness (QED) is 0.247. The second-order valence-electron chi connectivity index (χ2n) is 6.14. The summed E-state index contributed by atoms with van der Waals surface area (Å²) in [5.74, 6) is 2.29. The van der Waals surface area contributed by atoms with E-state index in [1.54, 1.807) is 21.3 Å². The van der Waals surface area contributed by atoms with E-state index in [2.05, 4.69) is 19.9 Å². The van der Waals surface area contributed by atoms with Gasteiger partial charge >= 0.3 is 0 Å². The average Bonchev–Trinajstić information content (AvgIpc) is 2.62. The second-order valence-corrected chi connectivity index (χ2v) is 7.97. The zero-order valence-corrected chi connectivity index (χ0v) is 19.4. The molecule has 27 heavy (non-hydrogen) atoms. The highest BCUT2D eigenvalue weighted by molar-refractivity contribution is 14.0. The molecule has 1 heterocycles. The Labute approximate surface area is 178 Å². The minimum absolute atomic E-state index is 0. The number of ether oxygens (including phenoxy) is 2. The summed E-state index contributed by atoms with van der Waals surface area (Å²) < 4.78 is 35.4. The van der Waals surface area contributed by atoms with Crippen LogP contribution in [0.4, 0.5) is 0 Å². The number of rotatable bonds is 7. The van der Waals surface area contributed by atoms with Gasteiger partial charge in [-0.05, 0) is 36.1 Å². The van der Waals surface area contributed by atoms with Crippen molar-refractivity contribution < 1.29 is 17.9 Å². The first-order valence-corrected chi connectivity index (χ1v) is 10.4. The number of halogens is 1. The molecule has 8 nitrogen and oxygen atoms in total. The van der Waals surface area contributed by atoms with Crippen LogP contribution in [0, 0.1) is 0 Å². The molecule has 1 aliphatic heterocycles. The maximum atomic E-state index is 11.1. The number of hydrogen-bond donors (Lipinski definition) is 2. The van der Waals surface area contributed by atoms with E-state index in [9.17, 15) is 8.42 Å². The lowest BCUT2D eigenvalue weighted by atomic mass is 9.99. The minimum Gasteiger partial charge on any atom is -0.493 e. The third-order valence-electron chi connectivity index (χ3n) is 4.23. The molecule has 10 heteroatoms. The first-order chi connectivity index (χ1) is 12.4. The van der Waals surface area contributed by atoms with Crippen LogP contribution < -0.4 is 19.5 Å². The van der Waals surface area contributed by atoms with Gasteiger partial charge in [0.25, 0.3) is 0 Å². The SMILES string of the molecule is CN=C(NCCCNS(C)(=O)=O)N1CCc2cc(OC)c(OC)cc2C1.I. The van der Waals surface area contributed by atoms with E-state index in [1.165, 1.54) is 11.1 Å². The summed E-state index contributed by atoms with van der Waals surface area (Å²) in [4.78, 5) is 6.52. The molecule has 0 spiro atoms. The van der Waals surface area contributed by atoms with Crippen molar-refractivity contribution in [1.29, 1.82) is 0 Å². The third kappa shape index (κ3) is 7.00. The van der Waals surface area contributed by atoms with Crippen LogP contribution in [0.5, 0.6) is 11.5 Å². The lowest BCUT2D eigenvalue weighted by molar-refractivity contribution is 0.346. The van der Waals surface area contributed by atoms with Crippen LogP contribution in [0.15, 0.2) is 17.1 Å². The lowest BCUT2D eigenvalue weighted by Gasteiger charge is -2.32. The molecule has 1 aromatic carbocycles. The summed E-state index contributed by atoms with van der Waals surface area (Å²) in [5, 5.41) is 3.29. The summed E-state index contributed by atoms with van der Waals surface area (Å²) in [5.41, 5.74) is 2.45. The Morgan fingerprint density at radius 1 is 1.19 bits per heavy atom. The van der Waals surface area contributed by atoms with Crippen LogP contribution in [-0.2, 0) is 23.0 Å². The Morgan fingerprint density at radius 2 is 1.81 bits per heavy atom. The number of nitrogens with one attached hydrogen (secondary N) is 2. The van der Waals surface area contributed by atoms with Gasteiger partial charge in [-0.1, -0.05) is 0 Å². The van der Waals surface area contributed by atoms with E-state index in [1.807, 2.05) is 12.1 Å². The predicted molar refractivity (Wildman–Crippen MR) is 118 cm³/mol. The van der Waals surface area contributed by atoms with Crippen molar-refractivity contribution in [1.82, 2.24) is 14.9 Å². The van der Waals surface area contributed by atoms with Crippen LogP contribution in [-0.4, -0.2) is 66.4 Å². The molecule has 0 saturated heterocycles. The smallest absolute Gasteiger partial charge is 0.208 e. The molecule has 0 atom stereocenters. The van der Waals surface area contributed by atoms with Crippen molar-refractivity contribution in [2.45, 2.75) is 19.4 Å². The van der Waals surface area contributed by atoms with E-state index < -0.39 is 10.0 Å². The molecule has 1 aliphatic rings. The van der Waals surface area contributed by atoms with Gasteiger partial charge in [-0.3, -0.25) is 4.99 Å². The number of benzene rings is 1. The Bertz CT molecular complexity index is 756. The minimum atomic E-state index is -3.14. The Hall–Kier alpha value is -1.27. The van der Waals surface area contributed by atoms with Crippen LogP contribution in [0.25, 0.3) is 0 Å².